The maximum absolute atomic E-state index is 4.49. The van der Waals surface area contributed by atoms with Gasteiger partial charge in [0.25, 0.3) is 0 Å². The average Bonchev–Trinajstić information content (AvgIpc) is 2.67. The Hall–Kier alpha value is -0.830. The van der Waals surface area contributed by atoms with Gasteiger partial charge in [0.2, 0.25) is 0 Å². The largest absolute Gasteiger partial charge is 0.265 e. The molecule has 1 unspecified atom stereocenters. The fourth-order valence-electron chi connectivity index (χ4n) is 1.93. The lowest BCUT2D eigenvalue weighted by molar-refractivity contribution is 0.234. The smallest absolute Gasteiger partial charge is 0.0682 e. The minimum atomic E-state index is 0.288. The summed E-state index contributed by atoms with van der Waals surface area (Å²) in [6, 6.07) is 8.37. The summed E-state index contributed by atoms with van der Waals surface area (Å²) in [5, 5.41) is 6.71. The highest BCUT2D eigenvalue weighted by Crippen LogP contribution is 2.29. The van der Waals surface area contributed by atoms with E-state index in [0.717, 1.165) is 11.9 Å². The Morgan fingerprint density at radius 2 is 2.00 bits per heavy atom. The van der Waals surface area contributed by atoms with E-state index in [9.17, 15) is 0 Å². The van der Waals surface area contributed by atoms with Gasteiger partial charge < -0.3 is 0 Å². The van der Waals surface area contributed by atoms with Crippen molar-refractivity contribution in [2.75, 3.05) is 5.33 Å². The van der Waals surface area contributed by atoms with Crippen LogP contribution in [0.5, 0.6) is 0 Å². The van der Waals surface area contributed by atoms with E-state index in [1.165, 1.54) is 10.9 Å². The molecule has 0 amide bonds. The van der Waals surface area contributed by atoms with Gasteiger partial charge in [0.1, 0.15) is 0 Å². The van der Waals surface area contributed by atoms with Gasteiger partial charge in [0.15, 0.2) is 0 Å². The lowest BCUT2D eigenvalue weighted by Crippen LogP contribution is -2.27. The Balaban J connectivity index is 2.29. The van der Waals surface area contributed by atoms with Crippen molar-refractivity contribution in [1.29, 1.82) is 0 Å². The Morgan fingerprint density at radius 3 is 2.65 bits per heavy atom. The van der Waals surface area contributed by atoms with E-state index in [0.29, 0.717) is 5.92 Å². The van der Waals surface area contributed by atoms with Crippen molar-refractivity contribution in [1.82, 2.24) is 9.78 Å². The van der Waals surface area contributed by atoms with Crippen LogP contribution in [-0.2, 0) is 6.54 Å². The number of hydrogen-bond donors (Lipinski definition) is 0. The molecule has 0 radical (unpaired) electrons. The van der Waals surface area contributed by atoms with Crippen LogP contribution in [0.15, 0.2) is 30.5 Å². The van der Waals surface area contributed by atoms with Crippen LogP contribution in [0, 0.1) is 11.3 Å². The molecule has 0 N–H and O–H groups in total. The first-order chi connectivity index (χ1) is 8.02. The molecule has 17 heavy (non-hydrogen) atoms. The predicted octanol–water partition coefficient (Wildman–Crippen LogP) is 4.09. The topological polar surface area (TPSA) is 17.8 Å². The first-order valence-corrected chi connectivity index (χ1v) is 7.11. The third kappa shape index (κ3) is 2.71. The highest BCUT2D eigenvalue weighted by Gasteiger charge is 2.24. The molecule has 92 valence electrons. The molecular weight excluding hydrogens is 276 g/mol. The van der Waals surface area contributed by atoms with E-state index in [1.54, 1.807) is 0 Å². The van der Waals surface area contributed by atoms with Crippen LogP contribution in [0.2, 0.25) is 0 Å². The zero-order chi connectivity index (χ0) is 12.5. The third-order valence-corrected chi connectivity index (χ3v) is 4.14. The zero-order valence-electron chi connectivity index (χ0n) is 10.7. The van der Waals surface area contributed by atoms with Crippen LogP contribution in [-0.4, -0.2) is 15.1 Å². The molecule has 1 aromatic carbocycles. The highest BCUT2D eigenvalue weighted by atomic mass is 79.9. The summed E-state index contributed by atoms with van der Waals surface area (Å²) in [5.41, 5.74) is 1.51. The molecule has 0 saturated carbocycles. The maximum Gasteiger partial charge on any atom is 0.0682 e. The van der Waals surface area contributed by atoms with E-state index >= 15 is 0 Å². The van der Waals surface area contributed by atoms with Gasteiger partial charge in [0, 0.05) is 17.3 Å². The molecule has 1 atom stereocenters. The van der Waals surface area contributed by atoms with Crippen molar-refractivity contribution < 1.29 is 0 Å². The number of rotatable bonds is 3. The van der Waals surface area contributed by atoms with E-state index in [4.69, 9.17) is 0 Å². The predicted molar refractivity (Wildman–Crippen MR) is 76.5 cm³/mol. The van der Waals surface area contributed by atoms with Crippen LogP contribution < -0.4 is 0 Å². The van der Waals surface area contributed by atoms with E-state index in [-0.39, 0.29) is 5.41 Å². The highest BCUT2D eigenvalue weighted by molar-refractivity contribution is 9.09. The monoisotopic (exact) mass is 294 g/mol. The number of fused-ring (bicyclic) bond motifs is 1. The molecule has 0 aliphatic rings. The number of alkyl halides is 1. The van der Waals surface area contributed by atoms with Gasteiger partial charge in [-0.3, -0.25) is 4.68 Å². The lowest BCUT2D eigenvalue weighted by atomic mass is 9.82. The summed E-state index contributed by atoms with van der Waals surface area (Å²) in [6.45, 7) is 7.81. The summed E-state index contributed by atoms with van der Waals surface area (Å²) in [4.78, 5) is 0. The Labute approximate surface area is 111 Å². The molecule has 3 heteroatoms. The second kappa shape index (κ2) is 4.81. The van der Waals surface area contributed by atoms with Gasteiger partial charge in [0.05, 0.1) is 11.7 Å². The van der Waals surface area contributed by atoms with Crippen molar-refractivity contribution >= 4 is 26.8 Å². The molecule has 0 saturated heterocycles. The van der Waals surface area contributed by atoms with Gasteiger partial charge in [-0.05, 0) is 17.4 Å². The summed E-state index contributed by atoms with van der Waals surface area (Å²) >= 11 is 3.62. The number of halogens is 1. The number of para-hydroxylation sites is 1. The van der Waals surface area contributed by atoms with Crippen LogP contribution in [0.3, 0.4) is 0 Å². The molecule has 2 nitrogen and oxygen atoms in total. The second-order valence-electron chi connectivity index (χ2n) is 5.60. The molecular formula is C14H19BrN2. The van der Waals surface area contributed by atoms with Crippen LogP contribution >= 0.6 is 15.9 Å². The molecule has 2 rings (SSSR count). The van der Waals surface area contributed by atoms with Gasteiger partial charge in [-0.1, -0.05) is 54.9 Å². The van der Waals surface area contributed by atoms with Gasteiger partial charge in [-0.15, -0.1) is 0 Å². The summed E-state index contributed by atoms with van der Waals surface area (Å²) in [6.07, 6.45) is 1.95. The SMILES string of the molecule is CC(C)(C)C(CBr)Cn1ncc2ccccc21. The minimum Gasteiger partial charge on any atom is -0.265 e. The van der Waals surface area contributed by atoms with E-state index < -0.39 is 0 Å². The van der Waals surface area contributed by atoms with Crippen molar-refractivity contribution in [3.05, 3.63) is 30.5 Å². The Kier molecular flexibility index (Phi) is 3.57. The average molecular weight is 295 g/mol. The van der Waals surface area contributed by atoms with Crippen molar-refractivity contribution in [3.63, 3.8) is 0 Å². The fraction of sp³-hybridized carbons (Fsp3) is 0.500. The normalized spacial score (nSPS) is 14.1. The summed E-state index contributed by atoms with van der Waals surface area (Å²) in [7, 11) is 0. The van der Waals surface area contributed by atoms with Gasteiger partial charge in [-0.2, -0.15) is 5.10 Å². The Bertz CT molecular complexity index is 496. The molecule has 0 aliphatic heterocycles. The van der Waals surface area contributed by atoms with E-state index in [2.05, 4.69) is 70.7 Å². The molecule has 0 fully saturated rings. The van der Waals surface area contributed by atoms with Crippen molar-refractivity contribution in [2.45, 2.75) is 27.3 Å². The molecule has 1 aromatic heterocycles. The third-order valence-electron chi connectivity index (χ3n) is 3.36. The minimum absolute atomic E-state index is 0.288. The lowest BCUT2D eigenvalue weighted by Gasteiger charge is -2.29. The number of hydrogen-bond acceptors (Lipinski definition) is 1. The molecule has 2 aromatic rings. The fourth-order valence-corrected chi connectivity index (χ4v) is 3.11. The van der Waals surface area contributed by atoms with Crippen LogP contribution in [0.25, 0.3) is 10.9 Å². The Morgan fingerprint density at radius 1 is 1.29 bits per heavy atom. The van der Waals surface area contributed by atoms with Crippen molar-refractivity contribution in [3.8, 4) is 0 Å². The first kappa shape index (κ1) is 12.6. The maximum atomic E-state index is 4.49. The number of nitrogens with zero attached hydrogens (tertiary/aromatic N) is 2. The standard InChI is InChI=1S/C14H19BrN2/c1-14(2,3)12(8-15)10-17-13-7-5-4-6-11(13)9-16-17/h4-7,9,12H,8,10H2,1-3H3. The summed E-state index contributed by atoms with van der Waals surface area (Å²) in [5.74, 6) is 0.575. The summed E-state index contributed by atoms with van der Waals surface area (Å²) < 4.78 is 2.12. The van der Waals surface area contributed by atoms with Crippen LogP contribution in [0.4, 0.5) is 0 Å². The molecule has 0 aliphatic carbocycles. The molecule has 1 heterocycles. The molecule has 0 bridgehead atoms. The number of aromatic nitrogens is 2. The second-order valence-corrected chi connectivity index (χ2v) is 6.25. The van der Waals surface area contributed by atoms with Gasteiger partial charge >= 0.3 is 0 Å². The quantitative estimate of drug-likeness (QED) is 0.780. The first-order valence-electron chi connectivity index (χ1n) is 5.99. The van der Waals surface area contributed by atoms with Gasteiger partial charge in [-0.25, -0.2) is 0 Å². The van der Waals surface area contributed by atoms with Crippen molar-refractivity contribution in [2.24, 2.45) is 11.3 Å². The zero-order valence-corrected chi connectivity index (χ0v) is 12.2. The van der Waals surface area contributed by atoms with E-state index in [1.807, 2.05) is 6.20 Å². The molecule has 0 spiro atoms. The van der Waals surface area contributed by atoms with Crippen LogP contribution in [0.1, 0.15) is 20.8 Å². The number of benzene rings is 1.